The first-order valence-corrected chi connectivity index (χ1v) is 13.6. The number of benzene rings is 2. The van der Waals surface area contributed by atoms with Crippen molar-refractivity contribution in [3.8, 4) is 22.6 Å². The van der Waals surface area contributed by atoms with E-state index < -0.39 is 12.2 Å². The molecule has 0 spiro atoms. The molecule has 0 saturated carbocycles. The standard InChI is InChI=1S/C31H29FN6O4/c32-23-10-8-21(9-11-23)28-29(25-12-13-33-31(36-25)35-17-24-7-4-14-40-24)38-26(37-28)15-27-41-18-22(19-42-27)30(39)34-16-20-5-2-1-3-6-20/h1-14,22,27H,15-19H2,(H,34,39)(H,37,38)(H,33,35,36). The van der Waals surface area contributed by atoms with Gasteiger partial charge in [-0.25, -0.2) is 19.3 Å². The molecule has 4 heterocycles. The van der Waals surface area contributed by atoms with Crippen LogP contribution >= 0.6 is 0 Å². The Morgan fingerprint density at radius 1 is 0.952 bits per heavy atom. The third kappa shape index (κ3) is 6.70. The molecule has 2 aromatic carbocycles. The number of aromatic amines is 1. The van der Waals surface area contributed by atoms with Gasteiger partial charge in [0, 0.05) is 18.3 Å². The SMILES string of the molecule is O=C(NCc1ccccc1)C1COC(Cc2nc(-c3ccc(F)cc3)c(-c3ccnc(NCc4ccco4)n3)[nH]2)OC1. The van der Waals surface area contributed by atoms with Crippen LogP contribution in [0.25, 0.3) is 22.6 Å². The summed E-state index contributed by atoms with van der Waals surface area (Å²) in [6.45, 7) is 1.35. The maximum absolute atomic E-state index is 13.7. The number of hydrogen-bond donors (Lipinski definition) is 3. The van der Waals surface area contributed by atoms with E-state index in [0.29, 0.717) is 48.4 Å². The Labute approximate surface area is 241 Å². The minimum atomic E-state index is -0.584. The van der Waals surface area contributed by atoms with Crippen LogP contribution in [0.4, 0.5) is 10.3 Å². The molecule has 1 aliphatic heterocycles. The smallest absolute Gasteiger partial charge is 0.228 e. The van der Waals surface area contributed by atoms with Gasteiger partial charge in [-0.3, -0.25) is 4.79 Å². The summed E-state index contributed by atoms with van der Waals surface area (Å²) in [7, 11) is 0. The van der Waals surface area contributed by atoms with Crippen molar-refractivity contribution in [3.63, 3.8) is 0 Å². The molecule has 1 aliphatic rings. The van der Waals surface area contributed by atoms with Gasteiger partial charge in [-0.15, -0.1) is 0 Å². The summed E-state index contributed by atoms with van der Waals surface area (Å²) < 4.78 is 30.8. The molecule has 1 amide bonds. The Morgan fingerprint density at radius 2 is 1.76 bits per heavy atom. The topological polar surface area (TPSA) is 127 Å². The molecule has 214 valence electrons. The molecule has 5 aromatic rings. The quantitative estimate of drug-likeness (QED) is 0.221. The predicted octanol–water partition coefficient (Wildman–Crippen LogP) is 4.73. The van der Waals surface area contributed by atoms with Gasteiger partial charge < -0.3 is 29.5 Å². The first-order valence-electron chi connectivity index (χ1n) is 13.6. The van der Waals surface area contributed by atoms with E-state index in [9.17, 15) is 9.18 Å². The van der Waals surface area contributed by atoms with E-state index in [2.05, 4.69) is 25.6 Å². The minimum Gasteiger partial charge on any atom is -0.467 e. The molecular weight excluding hydrogens is 539 g/mol. The molecule has 1 saturated heterocycles. The number of aromatic nitrogens is 4. The first kappa shape index (κ1) is 27.3. The second-order valence-electron chi connectivity index (χ2n) is 9.81. The highest BCUT2D eigenvalue weighted by Gasteiger charge is 2.29. The predicted molar refractivity (Wildman–Crippen MR) is 152 cm³/mol. The highest BCUT2D eigenvalue weighted by Crippen LogP contribution is 2.30. The van der Waals surface area contributed by atoms with Crippen LogP contribution in [0.15, 0.2) is 89.7 Å². The van der Waals surface area contributed by atoms with Gasteiger partial charge >= 0.3 is 0 Å². The second kappa shape index (κ2) is 12.8. The van der Waals surface area contributed by atoms with Crippen molar-refractivity contribution in [1.82, 2.24) is 25.3 Å². The van der Waals surface area contributed by atoms with Crippen molar-refractivity contribution >= 4 is 11.9 Å². The maximum atomic E-state index is 13.7. The van der Waals surface area contributed by atoms with E-state index in [1.54, 1.807) is 30.7 Å². The fourth-order valence-electron chi connectivity index (χ4n) is 4.58. The van der Waals surface area contributed by atoms with Gasteiger partial charge in [0.15, 0.2) is 6.29 Å². The lowest BCUT2D eigenvalue weighted by atomic mass is 10.1. The third-order valence-electron chi connectivity index (χ3n) is 6.79. The van der Waals surface area contributed by atoms with Gasteiger partial charge in [0.2, 0.25) is 11.9 Å². The molecular formula is C31H29FN6O4. The van der Waals surface area contributed by atoms with Crippen LogP contribution in [-0.2, 0) is 33.8 Å². The lowest BCUT2D eigenvalue weighted by Gasteiger charge is -2.28. The zero-order valence-electron chi connectivity index (χ0n) is 22.6. The van der Waals surface area contributed by atoms with Crippen LogP contribution < -0.4 is 10.6 Å². The van der Waals surface area contributed by atoms with E-state index in [-0.39, 0.29) is 24.9 Å². The number of amides is 1. The molecule has 3 N–H and O–H groups in total. The van der Waals surface area contributed by atoms with Crippen LogP contribution in [0.2, 0.25) is 0 Å². The summed E-state index contributed by atoms with van der Waals surface area (Å²) in [4.78, 5) is 29.7. The summed E-state index contributed by atoms with van der Waals surface area (Å²) in [6, 6.07) is 21.3. The van der Waals surface area contributed by atoms with Crippen molar-refractivity contribution in [3.05, 3.63) is 108 Å². The molecule has 0 aliphatic carbocycles. The van der Waals surface area contributed by atoms with Crippen LogP contribution in [-0.4, -0.2) is 45.3 Å². The number of nitrogens with one attached hydrogen (secondary N) is 3. The zero-order chi connectivity index (χ0) is 28.7. The molecule has 0 unspecified atom stereocenters. The molecule has 0 atom stereocenters. The van der Waals surface area contributed by atoms with Gasteiger partial charge in [0.1, 0.15) is 17.4 Å². The number of halogens is 1. The minimum absolute atomic E-state index is 0.114. The average Bonchev–Trinajstić information content (AvgIpc) is 3.71. The lowest BCUT2D eigenvalue weighted by Crippen LogP contribution is -2.42. The van der Waals surface area contributed by atoms with E-state index >= 15 is 0 Å². The fraction of sp³-hybridized carbons (Fsp3) is 0.226. The van der Waals surface area contributed by atoms with Crippen molar-refractivity contribution < 1.29 is 23.1 Å². The Bertz CT molecular complexity index is 1600. The number of rotatable bonds is 10. The fourth-order valence-corrected chi connectivity index (χ4v) is 4.58. The Morgan fingerprint density at radius 3 is 2.52 bits per heavy atom. The third-order valence-corrected chi connectivity index (χ3v) is 6.79. The van der Waals surface area contributed by atoms with Gasteiger partial charge in [0.25, 0.3) is 0 Å². The lowest BCUT2D eigenvalue weighted by molar-refractivity contribution is -0.201. The van der Waals surface area contributed by atoms with Crippen molar-refractivity contribution in [2.45, 2.75) is 25.8 Å². The summed E-state index contributed by atoms with van der Waals surface area (Å²) >= 11 is 0. The number of carbonyl (C=O) groups is 1. The number of ether oxygens (including phenoxy) is 2. The highest BCUT2D eigenvalue weighted by atomic mass is 19.1. The summed E-state index contributed by atoms with van der Waals surface area (Å²) in [5.74, 6) is 0.916. The normalized spacial score (nSPS) is 16.7. The number of imidazole rings is 1. The Balaban J connectivity index is 1.14. The van der Waals surface area contributed by atoms with Gasteiger partial charge in [-0.2, -0.15) is 0 Å². The molecule has 3 aromatic heterocycles. The second-order valence-corrected chi connectivity index (χ2v) is 9.81. The van der Waals surface area contributed by atoms with Crippen LogP contribution in [0, 0.1) is 11.7 Å². The Hall–Kier alpha value is -4.87. The van der Waals surface area contributed by atoms with E-state index in [4.69, 9.17) is 18.9 Å². The molecule has 0 bridgehead atoms. The average molecular weight is 569 g/mol. The molecule has 1 fully saturated rings. The number of hydrogen-bond acceptors (Lipinski definition) is 8. The van der Waals surface area contributed by atoms with Gasteiger partial charge in [-0.1, -0.05) is 30.3 Å². The number of nitrogens with zero attached hydrogens (tertiary/aromatic N) is 3. The van der Waals surface area contributed by atoms with Gasteiger partial charge in [0.05, 0.1) is 55.4 Å². The van der Waals surface area contributed by atoms with Crippen LogP contribution in [0.5, 0.6) is 0 Å². The van der Waals surface area contributed by atoms with Crippen LogP contribution in [0.1, 0.15) is 17.1 Å². The largest absolute Gasteiger partial charge is 0.467 e. The number of H-pyrrole nitrogens is 1. The number of furan rings is 1. The van der Waals surface area contributed by atoms with Gasteiger partial charge in [-0.05, 0) is 48.0 Å². The molecule has 11 heteroatoms. The van der Waals surface area contributed by atoms with E-state index in [1.165, 1.54) is 12.1 Å². The zero-order valence-corrected chi connectivity index (χ0v) is 22.6. The monoisotopic (exact) mass is 568 g/mol. The van der Waals surface area contributed by atoms with E-state index in [1.807, 2.05) is 42.5 Å². The Kier molecular flexibility index (Phi) is 8.29. The molecule has 6 rings (SSSR count). The van der Waals surface area contributed by atoms with Crippen molar-refractivity contribution in [2.75, 3.05) is 18.5 Å². The summed E-state index contributed by atoms with van der Waals surface area (Å²) in [5, 5.41) is 6.09. The molecule has 10 nitrogen and oxygen atoms in total. The maximum Gasteiger partial charge on any atom is 0.228 e. The van der Waals surface area contributed by atoms with Crippen molar-refractivity contribution in [1.29, 1.82) is 0 Å². The summed E-state index contributed by atoms with van der Waals surface area (Å²) in [6.07, 6.45) is 2.99. The highest BCUT2D eigenvalue weighted by molar-refractivity contribution is 5.79. The first-order chi connectivity index (χ1) is 20.6. The number of anilines is 1. The van der Waals surface area contributed by atoms with Crippen LogP contribution in [0.3, 0.4) is 0 Å². The summed E-state index contributed by atoms with van der Waals surface area (Å²) in [5.41, 5.74) is 3.60. The number of carbonyl (C=O) groups excluding carboxylic acids is 1. The van der Waals surface area contributed by atoms with E-state index in [0.717, 1.165) is 16.9 Å². The molecule has 42 heavy (non-hydrogen) atoms. The molecule has 0 radical (unpaired) electrons. The van der Waals surface area contributed by atoms with Crippen molar-refractivity contribution in [2.24, 2.45) is 5.92 Å².